The largest absolute Gasteiger partial charge is 0.241 e. The lowest BCUT2D eigenvalue weighted by Gasteiger charge is -2.54. The molecule has 5 unspecified atom stereocenters. The molecule has 0 N–H and O–H groups in total. The van der Waals surface area contributed by atoms with Crippen LogP contribution in [-0.4, -0.2) is 20.2 Å². The summed E-state index contributed by atoms with van der Waals surface area (Å²) in [5.74, 6) is 2.17. The summed E-state index contributed by atoms with van der Waals surface area (Å²) in [6, 6.07) is 2.28. The summed E-state index contributed by atoms with van der Waals surface area (Å²) in [6.07, 6.45) is 11.6. The van der Waals surface area contributed by atoms with E-state index in [0.29, 0.717) is 23.7 Å². The molecule has 0 saturated carbocycles. The van der Waals surface area contributed by atoms with Crippen LogP contribution in [0.5, 0.6) is 0 Å². The van der Waals surface area contributed by atoms with Crippen molar-refractivity contribution in [1.82, 2.24) is 20.2 Å². The number of aromatic nitrogens is 4. The van der Waals surface area contributed by atoms with Crippen molar-refractivity contribution in [2.45, 2.75) is 132 Å². The molecule has 0 saturated heterocycles. The van der Waals surface area contributed by atoms with Gasteiger partial charge in [-0.2, -0.15) is 10.2 Å². The fraction of sp³-hybridized carbons (Fsp3) is 0.765. The van der Waals surface area contributed by atoms with Gasteiger partial charge in [0.1, 0.15) is 6.33 Å². The summed E-state index contributed by atoms with van der Waals surface area (Å²) >= 11 is 0. The van der Waals surface area contributed by atoms with Gasteiger partial charge in [-0.3, -0.25) is 0 Å². The fourth-order valence-corrected chi connectivity index (χ4v) is 9.47. The zero-order valence-electron chi connectivity index (χ0n) is 26.3. The highest BCUT2D eigenvalue weighted by Gasteiger charge is 2.53. The third-order valence-electron chi connectivity index (χ3n) is 11.0. The lowest BCUT2D eigenvalue weighted by Crippen LogP contribution is -2.51. The van der Waals surface area contributed by atoms with Crippen LogP contribution in [0.4, 0.5) is 0 Å². The number of aryl methyl sites for hydroxylation is 1. The van der Waals surface area contributed by atoms with E-state index in [9.17, 15) is 0 Å². The van der Waals surface area contributed by atoms with Crippen LogP contribution < -0.4 is 0 Å². The Kier molecular flexibility index (Phi) is 7.89. The van der Waals surface area contributed by atoms with E-state index in [1.165, 1.54) is 41.1 Å². The van der Waals surface area contributed by atoms with Gasteiger partial charge in [0.2, 0.25) is 0 Å². The second-order valence-corrected chi connectivity index (χ2v) is 15.0. The Bertz CT molecular complexity index is 1120. The molecule has 2 aliphatic rings. The Balaban J connectivity index is 1.83. The minimum atomic E-state index is 0.0577. The molecule has 2 aromatic rings. The third-order valence-corrected chi connectivity index (χ3v) is 11.0. The standard InChI is InChI=1S/C34H54N4/c1-12-33(22(3)4)28(31(6,7)8)16-14-24-27(35-21-36-30(24)33)20-23(5)34(13-2)25-18-19-37-38-26(25)15-17-29(34)32(9,10)11/h18-19,21-23,28-29H,12-17,20H2,1-11H3. The predicted octanol–water partition coefficient (Wildman–Crippen LogP) is 8.31. The molecular weight excluding hydrogens is 464 g/mol. The highest BCUT2D eigenvalue weighted by molar-refractivity contribution is 5.39. The van der Waals surface area contributed by atoms with E-state index < -0.39 is 0 Å². The molecular formula is C34H54N4. The quantitative estimate of drug-likeness (QED) is 0.386. The van der Waals surface area contributed by atoms with Crippen LogP contribution in [0.25, 0.3) is 0 Å². The second-order valence-electron chi connectivity index (χ2n) is 15.0. The molecule has 2 aliphatic carbocycles. The van der Waals surface area contributed by atoms with Gasteiger partial charge in [0.05, 0.1) is 11.4 Å². The molecule has 5 atom stereocenters. The molecule has 2 heterocycles. The van der Waals surface area contributed by atoms with Gasteiger partial charge in [-0.15, -0.1) is 0 Å². The maximum absolute atomic E-state index is 5.11. The van der Waals surface area contributed by atoms with Crippen molar-refractivity contribution in [3.63, 3.8) is 0 Å². The number of hydrogen-bond donors (Lipinski definition) is 0. The van der Waals surface area contributed by atoms with Crippen LogP contribution in [0, 0.1) is 34.5 Å². The summed E-state index contributed by atoms with van der Waals surface area (Å²) in [4.78, 5) is 10.2. The topological polar surface area (TPSA) is 51.6 Å². The maximum Gasteiger partial charge on any atom is 0.115 e. The number of rotatable bonds is 6. The van der Waals surface area contributed by atoms with Gasteiger partial charge >= 0.3 is 0 Å². The molecule has 0 spiro atoms. The summed E-state index contributed by atoms with van der Waals surface area (Å²) < 4.78 is 0. The van der Waals surface area contributed by atoms with Gasteiger partial charge < -0.3 is 0 Å². The van der Waals surface area contributed by atoms with Gasteiger partial charge in [-0.1, -0.05) is 76.2 Å². The molecule has 2 aromatic heterocycles. The van der Waals surface area contributed by atoms with Crippen LogP contribution >= 0.6 is 0 Å². The SMILES string of the molecule is CCC1(C(C)C)c2ncnc(CC(C)C3(CC)c4ccnnc4CCC3C(C)(C)C)c2CCC1C(C)(C)C. The summed E-state index contributed by atoms with van der Waals surface area (Å²) in [5.41, 5.74) is 7.37. The van der Waals surface area contributed by atoms with E-state index in [1.54, 1.807) is 0 Å². The molecule has 0 aromatic carbocycles. The molecule has 0 amide bonds. The van der Waals surface area contributed by atoms with Crippen LogP contribution in [0.1, 0.15) is 130 Å². The van der Waals surface area contributed by atoms with Crippen molar-refractivity contribution in [2.75, 3.05) is 0 Å². The normalized spacial score (nSPS) is 28.6. The van der Waals surface area contributed by atoms with Crippen LogP contribution in [0.15, 0.2) is 18.6 Å². The van der Waals surface area contributed by atoms with Gasteiger partial charge in [0, 0.05) is 22.7 Å². The first kappa shape index (κ1) is 29.2. The summed E-state index contributed by atoms with van der Waals surface area (Å²) in [6.45, 7) is 26.7. The van der Waals surface area contributed by atoms with Gasteiger partial charge in [-0.25, -0.2) is 9.97 Å². The maximum atomic E-state index is 5.11. The van der Waals surface area contributed by atoms with Crippen LogP contribution in [-0.2, 0) is 30.1 Å². The molecule has 0 radical (unpaired) electrons. The Hall–Kier alpha value is -1.84. The minimum Gasteiger partial charge on any atom is -0.241 e. The van der Waals surface area contributed by atoms with Crippen molar-refractivity contribution < 1.29 is 0 Å². The summed E-state index contributed by atoms with van der Waals surface area (Å²) in [7, 11) is 0. The average Bonchev–Trinajstić information content (AvgIpc) is 2.85. The lowest BCUT2D eigenvalue weighted by molar-refractivity contribution is 0.0504. The van der Waals surface area contributed by atoms with Gasteiger partial charge in [0.15, 0.2) is 0 Å². The molecule has 4 nitrogen and oxygen atoms in total. The first-order valence-electron chi connectivity index (χ1n) is 15.4. The van der Waals surface area contributed by atoms with E-state index in [0.717, 1.165) is 32.1 Å². The number of nitrogens with zero attached hydrogens (tertiary/aromatic N) is 4. The molecule has 210 valence electrons. The number of fused-ring (bicyclic) bond motifs is 2. The molecule has 4 rings (SSSR count). The van der Waals surface area contributed by atoms with Crippen molar-refractivity contribution in [3.05, 3.63) is 46.8 Å². The van der Waals surface area contributed by atoms with Gasteiger partial charge in [0.25, 0.3) is 0 Å². The lowest BCUT2D eigenvalue weighted by atomic mass is 9.50. The monoisotopic (exact) mass is 518 g/mol. The van der Waals surface area contributed by atoms with Crippen LogP contribution in [0.2, 0.25) is 0 Å². The predicted molar refractivity (Wildman–Crippen MR) is 158 cm³/mol. The second kappa shape index (κ2) is 10.3. The van der Waals surface area contributed by atoms with Crippen molar-refractivity contribution in [3.8, 4) is 0 Å². The minimum absolute atomic E-state index is 0.0577. The fourth-order valence-electron chi connectivity index (χ4n) is 9.47. The molecule has 0 bridgehead atoms. The first-order chi connectivity index (χ1) is 17.7. The van der Waals surface area contributed by atoms with Crippen molar-refractivity contribution in [1.29, 1.82) is 0 Å². The van der Waals surface area contributed by atoms with Crippen LogP contribution in [0.3, 0.4) is 0 Å². The average molecular weight is 519 g/mol. The Labute approximate surface area is 233 Å². The Morgan fingerprint density at radius 1 is 0.868 bits per heavy atom. The highest BCUT2D eigenvalue weighted by Crippen LogP contribution is 2.57. The Morgan fingerprint density at radius 3 is 2.05 bits per heavy atom. The zero-order chi connectivity index (χ0) is 28.1. The highest BCUT2D eigenvalue weighted by atomic mass is 15.1. The van der Waals surface area contributed by atoms with Crippen molar-refractivity contribution >= 4 is 0 Å². The van der Waals surface area contributed by atoms with E-state index in [2.05, 4.69) is 92.4 Å². The van der Waals surface area contributed by atoms with E-state index in [1.807, 2.05) is 12.5 Å². The van der Waals surface area contributed by atoms with E-state index >= 15 is 0 Å². The van der Waals surface area contributed by atoms with E-state index in [4.69, 9.17) is 9.97 Å². The number of hydrogen-bond acceptors (Lipinski definition) is 4. The molecule has 38 heavy (non-hydrogen) atoms. The summed E-state index contributed by atoms with van der Waals surface area (Å²) in [5, 5.41) is 8.93. The smallest absolute Gasteiger partial charge is 0.115 e. The molecule has 0 fully saturated rings. The van der Waals surface area contributed by atoms with Crippen molar-refractivity contribution in [2.24, 2.45) is 34.5 Å². The molecule has 4 heteroatoms. The van der Waals surface area contributed by atoms with Gasteiger partial charge in [-0.05, 0) is 96.6 Å². The molecule has 0 aliphatic heterocycles. The zero-order valence-corrected chi connectivity index (χ0v) is 26.3. The third kappa shape index (κ3) is 4.52. The Morgan fingerprint density at radius 2 is 1.47 bits per heavy atom. The van der Waals surface area contributed by atoms with E-state index in [-0.39, 0.29) is 21.7 Å². The first-order valence-corrected chi connectivity index (χ1v) is 15.4.